The maximum atomic E-state index is 13.2. The lowest BCUT2D eigenvalue weighted by molar-refractivity contribution is -0.121. The molecular weight excluding hydrogens is 433 g/mol. The molecule has 1 fully saturated rings. The van der Waals surface area contributed by atoms with Crippen molar-refractivity contribution in [2.24, 2.45) is 7.05 Å². The molecule has 1 saturated heterocycles. The fourth-order valence-electron chi connectivity index (χ4n) is 3.38. The molecule has 0 aliphatic carbocycles. The Morgan fingerprint density at radius 3 is 2.73 bits per heavy atom. The Hall–Kier alpha value is -2.72. The van der Waals surface area contributed by atoms with E-state index in [2.05, 4.69) is 15.2 Å². The minimum atomic E-state index is -0.610. The second-order valence-corrected chi connectivity index (χ2v) is 8.47. The van der Waals surface area contributed by atoms with Gasteiger partial charge in [-0.25, -0.2) is 14.2 Å². The van der Waals surface area contributed by atoms with Crippen molar-refractivity contribution in [1.29, 1.82) is 0 Å². The molecule has 0 unspecified atom stereocenters. The Kier molecular flexibility index (Phi) is 5.61. The third-order valence-electron chi connectivity index (χ3n) is 5.04. The van der Waals surface area contributed by atoms with E-state index in [1.54, 1.807) is 0 Å². The van der Waals surface area contributed by atoms with Crippen molar-refractivity contribution in [3.8, 4) is 0 Å². The summed E-state index contributed by atoms with van der Waals surface area (Å²) in [6.45, 7) is 1.48. The van der Waals surface area contributed by atoms with Crippen molar-refractivity contribution in [3.05, 3.63) is 55.4 Å². The lowest BCUT2D eigenvalue weighted by Crippen LogP contribution is -2.41. The van der Waals surface area contributed by atoms with Gasteiger partial charge in [0, 0.05) is 31.7 Å². The summed E-state index contributed by atoms with van der Waals surface area (Å²) in [7, 11) is 1.38. The van der Waals surface area contributed by atoms with Gasteiger partial charge in [-0.1, -0.05) is 29.0 Å². The van der Waals surface area contributed by atoms with E-state index in [0.29, 0.717) is 15.4 Å². The van der Waals surface area contributed by atoms with Gasteiger partial charge in [0.2, 0.25) is 5.91 Å². The molecule has 1 aliphatic heterocycles. The number of amides is 1. The molecule has 2 aromatic heterocycles. The van der Waals surface area contributed by atoms with E-state index in [4.69, 9.17) is 11.6 Å². The van der Waals surface area contributed by atoms with Crippen LogP contribution in [-0.2, 0) is 24.9 Å². The van der Waals surface area contributed by atoms with Crippen molar-refractivity contribution < 1.29 is 9.18 Å². The number of fused-ring (bicyclic) bond motifs is 1. The van der Waals surface area contributed by atoms with Gasteiger partial charge in [0.05, 0.1) is 0 Å². The van der Waals surface area contributed by atoms with Crippen LogP contribution in [0.3, 0.4) is 0 Å². The van der Waals surface area contributed by atoms with E-state index in [1.807, 2.05) is 0 Å². The number of nitrogens with zero attached hydrogens (tertiary/aromatic N) is 4. The first-order valence-electron chi connectivity index (χ1n) is 9.41. The summed E-state index contributed by atoms with van der Waals surface area (Å²) in [6.07, 6.45) is 2.10. The van der Waals surface area contributed by atoms with Crippen LogP contribution < -0.4 is 21.5 Å². The summed E-state index contributed by atoms with van der Waals surface area (Å²) in [5.41, 5.74) is -0.271. The number of rotatable bonds is 5. The Bertz CT molecular complexity index is 1250. The molecule has 11 heteroatoms. The molecule has 3 aromatic rings. The van der Waals surface area contributed by atoms with E-state index >= 15 is 0 Å². The third-order valence-corrected chi connectivity index (χ3v) is 6.49. The highest BCUT2D eigenvalue weighted by Gasteiger charge is 2.22. The first-order valence-corrected chi connectivity index (χ1v) is 10.6. The van der Waals surface area contributed by atoms with Crippen molar-refractivity contribution in [2.45, 2.75) is 25.9 Å². The maximum absolute atomic E-state index is 13.2. The number of halogens is 2. The molecule has 4 rings (SSSR count). The molecule has 0 saturated carbocycles. The van der Waals surface area contributed by atoms with Crippen LogP contribution in [0, 0.1) is 5.82 Å². The zero-order valence-corrected chi connectivity index (χ0v) is 17.7. The molecule has 30 heavy (non-hydrogen) atoms. The number of nitrogens with one attached hydrogen (secondary N) is 1. The monoisotopic (exact) mass is 451 g/mol. The lowest BCUT2D eigenvalue weighted by Gasteiger charge is -2.12. The molecule has 0 bridgehead atoms. The first-order chi connectivity index (χ1) is 14.3. The predicted octanol–water partition coefficient (Wildman–Crippen LogP) is 1.87. The van der Waals surface area contributed by atoms with Crippen LogP contribution in [0.2, 0.25) is 5.02 Å². The summed E-state index contributed by atoms with van der Waals surface area (Å²) in [4.78, 5) is 44.3. The molecule has 1 N–H and O–H groups in total. The summed E-state index contributed by atoms with van der Waals surface area (Å²) in [6, 6.07) is 3.90. The van der Waals surface area contributed by atoms with Crippen LogP contribution >= 0.6 is 22.9 Å². The molecule has 1 aromatic carbocycles. The molecular formula is C19H19ClFN5O3S. The topological polar surface area (TPSA) is 89.2 Å². The Morgan fingerprint density at radius 1 is 1.30 bits per heavy atom. The van der Waals surface area contributed by atoms with Gasteiger partial charge in [0.15, 0.2) is 10.8 Å². The number of benzene rings is 1. The molecule has 3 heterocycles. The zero-order chi connectivity index (χ0) is 21.4. The summed E-state index contributed by atoms with van der Waals surface area (Å²) in [5, 5.41) is 3.55. The average molecular weight is 452 g/mol. The molecule has 1 amide bonds. The highest BCUT2D eigenvalue weighted by Crippen LogP contribution is 2.28. The van der Waals surface area contributed by atoms with Crippen molar-refractivity contribution in [1.82, 2.24) is 19.4 Å². The molecule has 0 atom stereocenters. The Balaban J connectivity index is 1.61. The number of anilines is 1. The fraction of sp³-hybridized carbons (Fsp3) is 0.368. The normalized spacial score (nSPS) is 13.9. The van der Waals surface area contributed by atoms with Crippen LogP contribution in [-0.4, -0.2) is 33.1 Å². The zero-order valence-electron chi connectivity index (χ0n) is 16.2. The number of carbonyl (C=O) groups is 1. The summed E-state index contributed by atoms with van der Waals surface area (Å²) >= 11 is 7.22. The number of hydrogen-bond acceptors (Lipinski definition) is 6. The van der Waals surface area contributed by atoms with Crippen molar-refractivity contribution in [3.63, 3.8) is 0 Å². The molecule has 1 aliphatic rings. The number of aromatic nitrogens is 3. The van der Waals surface area contributed by atoms with E-state index in [0.717, 1.165) is 30.5 Å². The van der Waals surface area contributed by atoms with Crippen LogP contribution in [0.4, 0.5) is 9.52 Å². The van der Waals surface area contributed by atoms with Gasteiger partial charge in [-0.3, -0.25) is 18.7 Å². The second kappa shape index (κ2) is 8.19. The second-order valence-electron chi connectivity index (χ2n) is 7.09. The lowest BCUT2D eigenvalue weighted by atomic mass is 10.2. The van der Waals surface area contributed by atoms with Crippen molar-refractivity contribution in [2.75, 3.05) is 18.0 Å². The van der Waals surface area contributed by atoms with Gasteiger partial charge in [0.25, 0.3) is 5.56 Å². The van der Waals surface area contributed by atoms with E-state index < -0.39 is 23.0 Å². The van der Waals surface area contributed by atoms with Gasteiger partial charge < -0.3 is 10.2 Å². The highest BCUT2D eigenvalue weighted by molar-refractivity contribution is 7.22. The highest BCUT2D eigenvalue weighted by atomic mass is 35.5. The summed E-state index contributed by atoms with van der Waals surface area (Å²) in [5.74, 6) is -0.917. The van der Waals surface area contributed by atoms with Crippen LogP contribution in [0.15, 0.2) is 27.8 Å². The molecule has 0 spiro atoms. The SMILES string of the molecule is Cn1c(=O)c2sc(N3CCCC3)nc2n(CC(=O)NCc2ccc(F)cc2Cl)c1=O. The number of carbonyl (C=O) groups excluding carboxylic acids is 1. The van der Waals surface area contributed by atoms with Gasteiger partial charge >= 0.3 is 5.69 Å². The molecule has 0 radical (unpaired) electrons. The minimum absolute atomic E-state index is 0.0810. The minimum Gasteiger partial charge on any atom is -0.350 e. The van der Waals surface area contributed by atoms with Crippen LogP contribution in [0.5, 0.6) is 0 Å². The Labute approximate surface area is 179 Å². The van der Waals surface area contributed by atoms with Crippen LogP contribution in [0.25, 0.3) is 10.3 Å². The quantitative estimate of drug-likeness (QED) is 0.639. The average Bonchev–Trinajstić information content (AvgIpc) is 3.38. The third kappa shape index (κ3) is 3.84. The first kappa shape index (κ1) is 20.5. The van der Waals surface area contributed by atoms with Gasteiger partial charge in [-0.2, -0.15) is 0 Å². The number of thiazole rings is 1. The van der Waals surface area contributed by atoms with E-state index in [9.17, 15) is 18.8 Å². The van der Waals surface area contributed by atoms with Gasteiger partial charge in [-0.05, 0) is 30.5 Å². The molecule has 8 nitrogen and oxygen atoms in total. The Morgan fingerprint density at radius 2 is 2.03 bits per heavy atom. The van der Waals surface area contributed by atoms with E-state index in [-0.39, 0.29) is 23.8 Å². The number of hydrogen-bond donors (Lipinski definition) is 1. The fourth-order valence-corrected chi connectivity index (χ4v) is 4.71. The molecule has 158 valence electrons. The van der Waals surface area contributed by atoms with Crippen LogP contribution in [0.1, 0.15) is 18.4 Å². The maximum Gasteiger partial charge on any atom is 0.332 e. The largest absolute Gasteiger partial charge is 0.350 e. The van der Waals surface area contributed by atoms with E-state index in [1.165, 1.54) is 41.2 Å². The smallest absolute Gasteiger partial charge is 0.332 e. The van der Waals surface area contributed by atoms with Gasteiger partial charge in [-0.15, -0.1) is 0 Å². The van der Waals surface area contributed by atoms with Gasteiger partial charge in [0.1, 0.15) is 17.1 Å². The predicted molar refractivity (Wildman–Crippen MR) is 114 cm³/mol. The standard InChI is InChI=1S/C19H19ClFN5O3S/c1-24-17(28)15-16(23-18(30-15)25-6-2-3-7-25)26(19(24)29)10-14(27)22-9-11-4-5-12(21)8-13(11)20/h4-5,8H,2-3,6-7,9-10H2,1H3,(H,22,27). The summed E-state index contributed by atoms with van der Waals surface area (Å²) < 4.78 is 15.7. The van der Waals surface area contributed by atoms with Crippen molar-refractivity contribution >= 4 is 44.3 Å².